The maximum absolute atomic E-state index is 2.41. The lowest BCUT2D eigenvalue weighted by Gasteiger charge is -2.19. The van der Waals surface area contributed by atoms with E-state index in [4.69, 9.17) is 0 Å². The van der Waals surface area contributed by atoms with E-state index in [0.717, 1.165) is 0 Å². The Morgan fingerprint density at radius 1 is 0.232 bits per heavy atom. The Morgan fingerprint density at radius 3 is 1.20 bits per heavy atom. The summed E-state index contributed by atoms with van der Waals surface area (Å²) in [6, 6.07) is 75.7. The van der Waals surface area contributed by atoms with Gasteiger partial charge in [0.15, 0.2) is 0 Å². The molecule has 0 amide bonds. The zero-order valence-corrected chi connectivity index (χ0v) is 30.8. The van der Waals surface area contributed by atoms with Gasteiger partial charge >= 0.3 is 0 Å². The molecule has 0 aliphatic carbocycles. The third kappa shape index (κ3) is 5.30. The summed E-state index contributed by atoms with van der Waals surface area (Å²) in [4.78, 5) is 0. The second kappa shape index (κ2) is 13.2. The second-order valence-electron chi connectivity index (χ2n) is 14.8. The molecule has 11 aromatic rings. The van der Waals surface area contributed by atoms with E-state index in [1.807, 2.05) is 0 Å². The van der Waals surface area contributed by atoms with Crippen molar-refractivity contribution in [1.29, 1.82) is 0 Å². The fraction of sp³-hybridized carbons (Fsp3) is 0. The van der Waals surface area contributed by atoms with E-state index in [1.54, 1.807) is 0 Å². The molecule has 0 aliphatic heterocycles. The third-order valence-electron chi connectivity index (χ3n) is 11.6. The monoisotopic (exact) mass is 708 g/mol. The maximum Gasteiger partial charge on any atom is -0.00259 e. The lowest BCUT2D eigenvalue weighted by Crippen LogP contribution is -1.92. The van der Waals surface area contributed by atoms with Crippen LogP contribution in [0, 0.1) is 0 Å². The molecule has 11 rings (SSSR count). The van der Waals surface area contributed by atoms with Crippen molar-refractivity contribution < 1.29 is 0 Å². The van der Waals surface area contributed by atoms with E-state index in [9.17, 15) is 0 Å². The van der Waals surface area contributed by atoms with Crippen LogP contribution in [-0.4, -0.2) is 0 Å². The molecule has 0 N–H and O–H groups in total. The zero-order valence-electron chi connectivity index (χ0n) is 30.8. The highest BCUT2D eigenvalue weighted by molar-refractivity contribution is 6.23. The van der Waals surface area contributed by atoms with Gasteiger partial charge in [0.05, 0.1) is 0 Å². The summed E-state index contributed by atoms with van der Waals surface area (Å²) in [6.07, 6.45) is 4.65. The van der Waals surface area contributed by atoms with Crippen LogP contribution in [0.25, 0.3) is 110 Å². The van der Waals surface area contributed by atoms with Gasteiger partial charge in [-0.3, -0.25) is 0 Å². The molecule has 56 heavy (non-hydrogen) atoms. The van der Waals surface area contributed by atoms with Gasteiger partial charge in [-0.05, 0) is 127 Å². The van der Waals surface area contributed by atoms with Crippen molar-refractivity contribution in [2.75, 3.05) is 0 Å². The second-order valence-corrected chi connectivity index (χ2v) is 14.8. The highest BCUT2D eigenvalue weighted by Crippen LogP contribution is 2.45. The fourth-order valence-electron chi connectivity index (χ4n) is 9.05. The molecular weight excluding hydrogens is 673 g/mol. The Labute approximate surface area is 326 Å². The van der Waals surface area contributed by atoms with Crippen LogP contribution in [0.3, 0.4) is 0 Å². The van der Waals surface area contributed by atoms with Crippen LogP contribution in [0.5, 0.6) is 0 Å². The Morgan fingerprint density at radius 2 is 0.643 bits per heavy atom. The Kier molecular flexibility index (Phi) is 7.60. The van der Waals surface area contributed by atoms with Crippen LogP contribution < -0.4 is 0 Å². The summed E-state index contributed by atoms with van der Waals surface area (Å²) >= 11 is 0. The molecule has 260 valence electrons. The van der Waals surface area contributed by atoms with Crippen molar-refractivity contribution in [2.24, 2.45) is 0 Å². The summed E-state index contributed by atoms with van der Waals surface area (Å²) in [5.41, 5.74) is 9.92. The number of hydrogen-bond acceptors (Lipinski definition) is 0. The van der Waals surface area contributed by atoms with Crippen LogP contribution in [0.2, 0.25) is 0 Å². The first kappa shape index (κ1) is 32.2. The predicted molar refractivity (Wildman–Crippen MR) is 243 cm³/mol. The summed E-state index contributed by atoms with van der Waals surface area (Å²) in [7, 11) is 0. The van der Waals surface area contributed by atoms with Crippen LogP contribution in [0.1, 0.15) is 11.1 Å². The number of fused-ring (bicyclic) bond motifs is 6. The number of hydrogen-bond donors (Lipinski definition) is 0. The standard InChI is InChI=1S/C56H36/c1-2-16-40(17-3-1)54-48-22-10-8-20-45(48)47(46-21-9-11-23-49(46)54)32-26-37-27-33-52-53(34-37)56(44-31-29-39-15-5-7-19-42(39)36-44)51-25-13-12-24-50(51)55(52)43-30-28-38-14-4-6-18-41(38)35-43/h1-36H/b32-26+. The van der Waals surface area contributed by atoms with Gasteiger partial charge in [0.2, 0.25) is 0 Å². The highest BCUT2D eigenvalue weighted by atomic mass is 14.2. The predicted octanol–water partition coefficient (Wildman–Crippen LogP) is 15.8. The molecule has 0 spiro atoms. The molecule has 0 aliphatic rings. The average Bonchev–Trinajstić information content (AvgIpc) is 3.27. The molecule has 0 saturated carbocycles. The van der Waals surface area contributed by atoms with E-state index < -0.39 is 0 Å². The summed E-state index contributed by atoms with van der Waals surface area (Å²) in [6.45, 7) is 0. The van der Waals surface area contributed by atoms with Crippen molar-refractivity contribution in [1.82, 2.24) is 0 Å². The lowest BCUT2D eigenvalue weighted by atomic mass is 9.84. The molecule has 11 aromatic carbocycles. The summed E-state index contributed by atoms with van der Waals surface area (Å²) < 4.78 is 0. The molecule has 0 fully saturated rings. The average molecular weight is 709 g/mol. The van der Waals surface area contributed by atoms with E-state index >= 15 is 0 Å². The van der Waals surface area contributed by atoms with Gasteiger partial charge in [-0.15, -0.1) is 0 Å². The number of benzene rings is 11. The van der Waals surface area contributed by atoms with Crippen LogP contribution in [0.15, 0.2) is 206 Å². The van der Waals surface area contributed by atoms with Gasteiger partial charge in [-0.25, -0.2) is 0 Å². The summed E-state index contributed by atoms with van der Waals surface area (Å²) in [5, 5.41) is 15.1. The van der Waals surface area contributed by atoms with Crippen molar-refractivity contribution in [2.45, 2.75) is 0 Å². The highest BCUT2D eigenvalue weighted by Gasteiger charge is 2.18. The maximum atomic E-state index is 2.41. The Bertz CT molecular complexity index is 3290. The molecule has 0 saturated heterocycles. The molecule has 0 nitrogen and oxygen atoms in total. The van der Waals surface area contributed by atoms with E-state index in [0.29, 0.717) is 0 Å². The van der Waals surface area contributed by atoms with Crippen LogP contribution in [0.4, 0.5) is 0 Å². The van der Waals surface area contributed by atoms with Crippen molar-refractivity contribution in [3.05, 3.63) is 217 Å². The smallest absolute Gasteiger partial charge is 0.00259 e. The molecule has 0 unspecified atom stereocenters. The first-order valence-corrected chi connectivity index (χ1v) is 19.4. The van der Waals surface area contributed by atoms with Gasteiger partial charge in [0.25, 0.3) is 0 Å². The van der Waals surface area contributed by atoms with Gasteiger partial charge < -0.3 is 0 Å². The summed E-state index contributed by atoms with van der Waals surface area (Å²) in [5.74, 6) is 0. The fourth-order valence-corrected chi connectivity index (χ4v) is 9.05. The molecule has 0 radical (unpaired) electrons. The topological polar surface area (TPSA) is 0 Å². The minimum absolute atomic E-state index is 1.17. The molecular formula is C56H36. The Hall–Kier alpha value is -7.28. The third-order valence-corrected chi connectivity index (χ3v) is 11.6. The zero-order chi connectivity index (χ0) is 37.0. The lowest BCUT2D eigenvalue weighted by molar-refractivity contribution is 1.66. The minimum atomic E-state index is 1.17. The van der Waals surface area contributed by atoms with Crippen molar-refractivity contribution in [3.63, 3.8) is 0 Å². The van der Waals surface area contributed by atoms with Crippen molar-refractivity contribution >= 4 is 76.8 Å². The van der Waals surface area contributed by atoms with Crippen molar-refractivity contribution in [3.8, 4) is 33.4 Å². The van der Waals surface area contributed by atoms with Gasteiger partial charge in [-0.1, -0.05) is 200 Å². The van der Waals surface area contributed by atoms with E-state index in [2.05, 4.69) is 218 Å². The van der Waals surface area contributed by atoms with Crippen LogP contribution >= 0.6 is 0 Å². The normalized spacial score (nSPS) is 11.9. The first-order chi connectivity index (χ1) is 27.8. The minimum Gasteiger partial charge on any atom is -0.0622 e. The van der Waals surface area contributed by atoms with Crippen LogP contribution in [-0.2, 0) is 0 Å². The quantitative estimate of drug-likeness (QED) is 0.123. The van der Waals surface area contributed by atoms with E-state index in [1.165, 1.54) is 109 Å². The Balaban J connectivity index is 1.17. The van der Waals surface area contributed by atoms with E-state index in [-0.39, 0.29) is 0 Å². The SMILES string of the molecule is C(=C\c1c2ccccc2c(-c2ccccc2)c2ccccc12)/c1ccc2c(-c3ccc4ccccc4c3)c3ccccc3c(-c3ccc4ccccc4c3)c2c1. The van der Waals surface area contributed by atoms with Gasteiger partial charge in [-0.2, -0.15) is 0 Å². The number of rotatable bonds is 5. The molecule has 0 atom stereocenters. The largest absolute Gasteiger partial charge is 0.0622 e. The molecule has 0 heteroatoms. The molecule has 0 heterocycles. The molecule has 0 bridgehead atoms. The molecule has 0 aromatic heterocycles. The first-order valence-electron chi connectivity index (χ1n) is 19.4. The van der Waals surface area contributed by atoms with Gasteiger partial charge in [0, 0.05) is 0 Å². The van der Waals surface area contributed by atoms with Gasteiger partial charge in [0.1, 0.15) is 0 Å².